The summed E-state index contributed by atoms with van der Waals surface area (Å²) in [6.45, 7) is 3.24. The van der Waals surface area contributed by atoms with Gasteiger partial charge >= 0.3 is 0 Å². The van der Waals surface area contributed by atoms with Crippen molar-refractivity contribution >= 4 is 39.1 Å². The molecule has 1 aromatic carbocycles. The van der Waals surface area contributed by atoms with Crippen LogP contribution in [0.2, 0.25) is 10.0 Å². The van der Waals surface area contributed by atoms with Gasteiger partial charge < -0.3 is 10.9 Å². The summed E-state index contributed by atoms with van der Waals surface area (Å²) in [7, 11) is -3.76. The number of oxime groups is 1. The standard InChI is InChI=1S/C11H15Cl2N3O3S/c1-11(2,10(14)16-17)6-15-20(18,19)7-3-4-8(12)9(13)5-7/h3-5,15,17H,6H2,1-2H3,(H2,14,16). The molecule has 0 aliphatic rings. The molecule has 0 amide bonds. The molecule has 0 radical (unpaired) electrons. The van der Waals surface area contributed by atoms with E-state index in [0.717, 1.165) is 0 Å². The van der Waals surface area contributed by atoms with Gasteiger partial charge in [0.25, 0.3) is 0 Å². The van der Waals surface area contributed by atoms with Crippen LogP contribution < -0.4 is 10.5 Å². The Balaban J connectivity index is 2.94. The number of rotatable bonds is 5. The van der Waals surface area contributed by atoms with Gasteiger partial charge in [0, 0.05) is 12.0 Å². The first-order chi connectivity index (χ1) is 9.10. The van der Waals surface area contributed by atoms with Crippen molar-refractivity contribution in [1.82, 2.24) is 4.72 Å². The number of hydrogen-bond donors (Lipinski definition) is 3. The largest absolute Gasteiger partial charge is 0.409 e. The molecule has 0 atom stereocenters. The van der Waals surface area contributed by atoms with Crippen LogP contribution in [0.4, 0.5) is 0 Å². The van der Waals surface area contributed by atoms with Crippen LogP contribution in [0.25, 0.3) is 0 Å². The van der Waals surface area contributed by atoms with Gasteiger partial charge in [-0.15, -0.1) is 0 Å². The Morgan fingerprint density at radius 2 is 2.00 bits per heavy atom. The minimum Gasteiger partial charge on any atom is -0.409 e. The van der Waals surface area contributed by atoms with Crippen LogP contribution in [0, 0.1) is 5.41 Å². The highest BCUT2D eigenvalue weighted by atomic mass is 35.5. The number of benzene rings is 1. The van der Waals surface area contributed by atoms with Crippen LogP contribution in [0.1, 0.15) is 13.8 Å². The van der Waals surface area contributed by atoms with E-state index in [1.165, 1.54) is 18.2 Å². The minimum atomic E-state index is -3.76. The maximum absolute atomic E-state index is 12.1. The Labute approximate surface area is 127 Å². The second-order valence-corrected chi connectivity index (χ2v) is 7.35. The molecule has 1 aromatic rings. The molecule has 1 rings (SSSR count). The van der Waals surface area contributed by atoms with Crippen molar-refractivity contribution in [3.8, 4) is 0 Å². The van der Waals surface area contributed by atoms with Crippen LogP contribution in [0.15, 0.2) is 28.3 Å². The molecule has 0 spiro atoms. The summed E-state index contributed by atoms with van der Waals surface area (Å²) in [5, 5.41) is 11.9. The van der Waals surface area contributed by atoms with E-state index in [4.69, 9.17) is 34.1 Å². The van der Waals surface area contributed by atoms with Crippen LogP contribution in [0.3, 0.4) is 0 Å². The summed E-state index contributed by atoms with van der Waals surface area (Å²) in [4.78, 5) is -0.0118. The number of nitrogens with zero attached hydrogens (tertiary/aromatic N) is 1. The highest BCUT2D eigenvalue weighted by molar-refractivity contribution is 7.89. The second-order valence-electron chi connectivity index (χ2n) is 4.77. The van der Waals surface area contributed by atoms with E-state index in [1.54, 1.807) is 13.8 Å². The molecule has 0 saturated carbocycles. The topological polar surface area (TPSA) is 105 Å². The van der Waals surface area contributed by atoms with E-state index in [0.29, 0.717) is 0 Å². The smallest absolute Gasteiger partial charge is 0.240 e. The summed E-state index contributed by atoms with van der Waals surface area (Å²) in [6.07, 6.45) is 0. The van der Waals surface area contributed by atoms with Gasteiger partial charge in [0.2, 0.25) is 10.0 Å². The van der Waals surface area contributed by atoms with E-state index in [2.05, 4.69) is 9.88 Å². The van der Waals surface area contributed by atoms with Crippen molar-refractivity contribution in [1.29, 1.82) is 0 Å². The van der Waals surface area contributed by atoms with Gasteiger partial charge in [-0.1, -0.05) is 42.2 Å². The predicted octanol–water partition coefficient (Wildman–Crippen LogP) is 2.04. The third-order valence-electron chi connectivity index (χ3n) is 2.71. The third kappa shape index (κ3) is 3.99. The molecule has 4 N–H and O–H groups in total. The SMILES string of the molecule is CC(C)(CNS(=O)(=O)c1ccc(Cl)c(Cl)c1)/C(N)=N/O. The Bertz CT molecular complexity index is 630. The average molecular weight is 340 g/mol. The molecule has 0 heterocycles. The molecule has 6 nitrogen and oxygen atoms in total. The lowest BCUT2D eigenvalue weighted by atomic mass is 9.93. The molecular formula is C11H15Cl2N3O3S. The van der Waals surface area contributed by atoms with Crippen molar-refractivity contribution < 1.29 is 13.6 Å². The zero-order chi connectivity index (χ0) is 15.6. The van der Waals surface area contributed by atoms with E-state index in [1.807, 2.05) is 0 Å². The Hall–Kier alpha value is -1.02. The number of sulfonamides is 1. The van der Waals surface area contributed by atoms with Gasteiger partial charge in [-0.2, -0.15) is 0 Å². The zero-order valence-electron chi connectivity index (χ0n) is 10.9. The first-order valence-corrected chi connectivity index (χ1v) is 7.77. The first kappa shape index (κ1) is 17.0. The lowest BCUT2D eigenvalue weighted by Crippen LogP contribution is -2.42. The fourth-order valence-electron chi connectivity index (χ4n) is 1.23. The number of amidine groups is 1. The molecule has 0 fully saturated rings. The van der Waals surface area contributed by atoms with E-state index in [-0.39, 0.29) is 27.3 Å². The molecule has 0 saturated heterocycles. The number of hydrogen-bond acceptors (Lipinski definition) is 4. The van der Waals surface area contributed by atoms with E-state index >= 15 is 0 Å². The summed E-state index contributed by atoms with van der Waals surface area (Å²) < 4.78 is 26.6. The van der Waals surface area contributed by atoms with Gasteiger partial charge in [0.05, 0.1) is 14.9 Å². The van der Waals surface area contributed by atoms with Crippen molar-refractivity contribution in [3.63, 3.8) is 0 Å². The van der Waals surface area contributed by atoms with Gasteiger partial charge in [-0.05, 0) is 18.2 Å². The number of nitrogens with two attached hydrogens (primary N) is 1. The quantitative estimate of drug-likeness (QED) is 0.330. The molecule has 20 heavy (non-hydrogen) atoms. The van der Waals surface area contributed by atoms with Crippen LogP contribution in [-0.4, -0.2) is 26.0 Å². The maximum atomic E-state index is 12.1. The van der Waals surface area contributed by atoms with Gasteiger partial charge in [-0.3, -0.25) is 0 Å². The van der Waals surface area contributed by atoms with Gasteiger partial charge in [0.1, 0.15) is 5.84 Å². The lowest BCUT2D eigenvalue weighted by Gasteiger charge is -2.23. The number of halogens is 2. The van der Waals surface area contributed by atoms with Crippen molar-refractivity contribution in [2.24, 2.45) is 16.3 Å². The predicted molar refractivity (Wildman–Crippen MR) is 78.8 cm³/mol. The van der Waals surface area contributed by atoms with E-state index in [9.17, 15) is 8.42 Å². The lowest BCUT2D eigenvalue weighted by molar-refractivity contribution is 0.307. The molecular weight excluding hydrogens is 325 g/mol. The monoisotopic (exact) mass is 339 g/mol. The molecule has 0 bridgehead atoms. The highest BCUT2D eigenvalue weighted by Gasteiger charge is 2.26. The maximum Gasteiger partial charge on any atom is 0.240 e. The summed E-state index contributed by atoms with van der Waals surface area (Å²) in [6, 6.07) is 3.99. The van der Waals surface area contributed by atoms with Gasteiger partial charge in [-0.25, -0.2) is 13.1 Å². The average Bonchev–Trinajstić information content (AvgIpc) is 2.38. The third-order valence-corrected chi connectivity index (χ3v) is 4.84. The zero-order valence-corrected chi connectivity index (χ0v) is 13.2. The summed E-state index contributed by atoms with van der Waals surface area (Å²) in [5.74, 6) is -0.0747. The number of nitrogens with one attached hydrogen (secondary N) is 1. The summed E-state index contributed by atoms with van der Waals surface area (Å²) >= 11 is 11.5. The summed E-state index contributed by atoms with van der Waals surface area (Å²) in [5.41, 5.74) is 4.65. The molecule has 9 heteroatoms. The molecule has 0 unspecified atom stereocenters. The van der Waals surface area contributed by atoms with Crippen molar-refractivity contribution in [2.75, 3.05) is 6.54 Å². The molecule has 0 aliphatic heterocycles. The second kappa shape index (κ2) is 6.17. The molecule has 0 aliphatic carbocycles. The van der Waals surface area contributed by atoms with Gasteiger partial charge in [0.15, 0.2) is 0 Å². The Morgan fingerprint density at radius 1 is 1.40 bits per heavy atom. The molecule has 0 aromatic heterocycles. The Kier molecular flexibility index (Phi) is 5.26. The van der Waals surface area contributed by atoms with Crippen LogP contribution in [0.5, 0.6) is 0 Å². The van der Waals surface area contributed by atoms with Crippen molar-refractivity contribution in [2.45, 2.75) is 18.7 Å². The fraction of sp³-hybridized carbons (Fsp3) is 0.364. The Morgan fingerprint density at radius 3 is 2.50 bits per heavy atom. The molecule has 112 valence electrons. The highest BCUT2D eigenvalue weighted by Crippen LogP contribution is 2.25. The minimum absolute atomic E-state index is 0.0118. The normalized spacial score (nSPS) is 13.5. The van der Waals surface area contributed by atoms with E-state index < -0.39 is 15.4 Å². The van der Waals surface area contributed by atoms with Crippen molar-refractivity contribution in [3.05, 3.63) is 28.2 Å². The first-order valence-electron chi connectivity index (χ1n) is 5.53. The fourth-order valence-corrected chi connectivity index (χ4v) is 2.83. The van der Waals surface area contributed by atoms with Crippen LogP contribution >= 0.6 is 23.2 Å². The van der Waals surface area contributed by atoms with Crippen LogP contribution in [-0.2, 0) is 10.0 Å².